The van der Waals surface area contributed by atoms with Crippen LogP contribution in [-0.4, -0.2) is 53.3 Å². The van der Waals surface area contributed by atoms with E-state index in [0.29, 0.717) is 24.5 Å². The van der Waals surface area contributed by atoms with Gasteiger partial charge in [-0.25, -0.2) is 9.18 Å². The van der Waals surface area contributed by atoms with Gasteiger partial charge in [0, 0.05) is 30.9 Å². The van der Waals surface area contributed by atoms with Gasteiger partial charge in [-0.05, 0) is 39.7 Å². The number of hydrogen-bond donors (Lipinski definition) is 0. The molecule has 8 nitrogen and oxygen atoms in total. The fourth-order valence-electron chi connectivity index (χ4n) is 4.21. The number of rotatable bonds is 2. The van der Waals surface area contributed by atoms with Crippen molar-refractivity contribution in [2.75, 3.05) is 24.6 Å². The lowest BCUT2D eigenvalue weighted by Gasteiger charge is -2.42. The fourth-order valence-corrected chi connectivity index (χ4v) is 4.21. The maximum atomic E-state index is 14.7. The zero-order valence-corrected chi connectivity index (χ0v) is 16.7. The molecule has 0 spiro atoms. The Hall–Kier alpha value is -2.84. The van der Waals surface area contributed by atoms with Crippen molar-refractivity contribution in [1.82, 2.24) is 4.90 Å². The first-order chi connectivity index (χ1) is 13.6. The van der Waals surface area contributed by atoms with Gasteiger partial charge in [-0.2, -0.15) is 0 Å². The first kappa shape index (κ1) is 19.5. The smallest absolute Gasteiger partial charge is 0.410 e. The summed E-state index contributed by atoms with van der Waals surface area (Å²) < 4.78 is 25.6. The number of nitro groups is 1. The van der Waals surface area contributed by atoms with E-state index in [4.69, 9.17) is 9.47 Å². The zero-order valence-electron chi connectivity index (χ0n) is 16.7. The van der Waals surface area contributed by atoms with E-state index in [1.807, 2.05) is 30.6 Å². The number of carbonyl (C=O) groups is 1. The van der Waals surface area contributed by atoms with Gasteiger partial charge >= 0.3 is 6.09 Å². The molecular formula is C20H24FN3O5. The van der Waals surface area contributed by atoms with E-state index < -0.39 is 16.3 Å². The molecule has 9 heteroatoms. The van der Waals surface area contributed by atoms with Crippen LogP contribution in [0.15, 0.2) is 17.8 Å². The molecule has 156 valence electrons. The summed E-state index contributed by atoms with van der Waals surface area (Å²) in [5.74, 6) is -0.258. The summed E-state index contributed by atoms with van der Waals surface area (Å²) in [4.78, 5) is 26.8. The highest BCUT2D eigenvalue weighted by Gasteiger charge is 2.44. The molecular weight excluding hydrogens is 381 g/mol. The number of halogens is 1. The van der Waals surface area contributed by atoms with Gasteiger partial charge < -0.3 is 14.4 Å². The van der Waals surface area contributed by atoms with Gasteiger partial charge in [0.05, 0.1) is 22.6 Å². The summed E-state index contributed by atoms with van der Waals surface area (Å²) in [6.45, 7) is 6.49. The molecule has 2 saturated heterocycles. The molecule has 3 aliphatic rings. The van der Waals surface area contributed by atoms with Gasteiger partial charge in [0.25, 0.3) is 5.70 Å². The minimum Gasteiger partial charge on any atom is -0.482 e. The van der Waals surface area contributed by atoms with E-state index in [1.165, 1.54) is 12.1 Å². The number of benzene rings is 1. The second kappa shape index (κ2) is 6.89. The zero-order chi connectivity index (χ0) is 20.9. The molecule has 1 aromatic rings. The Morgan fingerprint density at radius 3 is 2.52 bits per heavy atom. The van der Waals surface area contributed by atoms with Crippen LogP contribution in [0.3, 0.4) is 0 Å². The Labute approximate surface area is 168 Å². The molecule has 1 amide bonds. The quantitative estimate of drug-likeness (QED) is 0.554. The Bertz CT molecular complexity index is 881. The third-order valence-electron chi connectivity index (χ3n) is 5.45. The van der Waals surface area contributed by atoms with Gasteiger partial charge in [-0.3, -0.25) is 15.0 Å². The van der Waals surface area contributed by atoms with Crippen LogP contribution in [0.1, 0.15) is 39.2 Å². The lowest BCUT2D eigenvalue weighted by atomic mass is 10.1. The molecule has 2 atom stereocenters. The molecule has 0 N–H and O–H groups in total. The highest BCUT2D eigenvalue weighted by atomic mass is 19.1. The Kier molecular flexibility index (Phi) is 4.63. The molecule has 0 saturated carbocycles. The molecule has 1 aromatic carbocycles. The molecule has 2 bridgehead atoms. The van der Waals surface area contributed by atoms with Gasteiger partial charge in [0.1, 0.15) is 17.2 Å². The van der Waals surface area contributed by atoms with Crippen molar-refractivity contribution in [3.8, 4) is 5.75 Å². The van der Waals surface area contributed by atoms with Gasteiger partial charge in [0.15, 0.2) is 6.61 Å². The van der Waals surface area contributed by atoms with Crippen LogP contribution < -0.4 is 9.64 Å². The molecule has 2 fully saturated rings. The number of carbonyl (C=O) groups excluding carboxylic acids is 1. The second-order valence-corrected chi connectivity index (χ2v) is 8.70. The van der Waals surface area contributed by atoms with Crippen molar-refractivity contribution in [3.05, 3.63) is 39.3 Å². The molecule has 3 heterocycles. The number of fused-ring (bicyclic) bond motifs is 3. The monoisotopic (exact) mass is 405 g/mol. The second-order valence-electron chi connectivity index (χ2n) is 8.70. The van der Waals surface area contributed by atoms with E-state index >= 15 is 0 Å². The van der Waals surface area contributed by atoms with Crippen molar-refractivity contribution in [1.29, 1.82) is 0 Å². The van der Waals surface area contributed by atoms with E-state index in [2.05, 4.69) is 0 Å². The summed E-state index contributed by atoms with van der Waals surface area (Å²) >= 11 is 0. The minimum absolute atomic E-state index is 0.00425. The number of ether oxygens (including phenoxy) is 2. The SMILES string of the molecule is CC(C)(C)OC(=O)N1C2CCC1CN(c1cc(F)c3c(c1)OCC([N+](=O)[O-])=C3)C2. The summed E-state index contributed by atoms with van der Waals surface area (Å²) in [6, 6.07) is 3.10. The highest BCUT2D eigenvalue weighted by Crippen LogP contribution is 2.38. The van der Waals surface area contributed by atoms with Crippen LogP contribution in [-0.2, 0) is 4.74 Å². The standard InChI is InChI=1S/C20H24FN3O5/c1-20(2,3)29-19(25)23-12-4-5-13(23)10-22(9-12)14-7-17(21)16-6-15(24(26)27)11-28-18(16)8-14/h6-8,12-13H,4-5,9-11H2,1-3H3. The molecule has 2 unspecified atom stereocenters. The number of amides is 1. The largest absolute Gasteiger partial charge is 0.482 e. The lowest BCUT2D eigenvalue weighted by molar-refractivity contribution is -0.427. The fraction of sp³-hybridized carbons (Fsp3) is 0.550. The van der Waals surface area contributed by atoms with Gasteiger partial charge in [0.2, 0.25) is 0 Å². The molecule has 4 rings (SSSR count). The third kappa shape index (κ3) is 3.73. The Morgan fingerprint density at radius 2 is 1.93 bits per heavy atom. The predicted octanol–water partition coefficient (Wildman–Crippen LogP) is 3.42. The normalized spacial score (nSPS) is 23.2. The van der Waals surface area contributed by atoms with Crippen molar-refractivity contribution >= 4 is 17.9 Å². The average molecular weight is 405 g/mol. The van der Waals surface area contributed by atoms with Crippen LogP contribution in [0, 0.1) is 15.9 Å². The number of piperazine rings is 1. The maximum absolute atomic E-state index is 14.7. The molecule has 3 aliphatic heterocycles. The van der Waals surface area contributed by atoms with Gasteiger partial charge in [-0.15, -0.1) is 0 Å². The summed E-state index contributed by atoms with van der Waals surface area (Å²) in [7, 11) is 0. The van der Waals surface area contributed by atoms with Crippen LogP contribution >= 0.6 is 0 Å². The Balaban J connectivity index is 1.54. The Morgan fingerprint density at radius 1 is 1.28 bits per heavy atom. The molecule has 0 radical (unpaired) electrons. The highest BCUT2D eigenvalue weighted by molar-refractivity contribution is 5.71. The average Bonchev–Trinajstić information content (AvgIpc) is 2.90. The first-order valence-electron chi connectivity index (χ1n) is 9.70. The third-order valence-corrected chi connectivity index (χ3v) is 5.45. The number of hydrogen-bond acceptors (Lipinski definition) is 6. The van der Waals surface area contributed by atoms with Crippen LogP contribution in [0.4, 0.5) is 14.9 Å². The number of nitrogens with zero attached hydrogens (tertiary/aromatic N) is 3. The minimum atomic E-state index is -0.566. The van der Waals surface area contributed by atoms with Crippen LogP contribution in [0.25, 0.3) is 6.08 Å². The molecule has 29 heavy (non-hydrogen) atoms. The van der Waals surface area contributed by atoms with Gasteiger partial charge in [-0.1, -0.05) is 0 Å². The van der Waals surface area contributed by atoms with Crippen molar-refractivity contribution in [2.45, 2.75) is 51.3 Å². The maximum Gasteiger partial charge on any atom is 0.410 e. The van der Waals surface area contributed by atoms with E-state index in [1.54, 1.807) is 6.07 Å². The first-order valence-corrected chi connectivity index (χ1v) is 9.70. The van der Waals surface area contributed by atoms with Crippen molar-refractivity contribution in [2.24, 2.45) is 0 Å². The summed E-state index contributed by atoms with van der Waals surface area (Å²) in [5, 5.41) is 10.9. The van der Waals surface area contributed by atoms with E-state index in [9.17, 15) is 19.3 Å². The summed E-state index contributed by atoms with van der Waals surface area (Å²) in [5.41, 5.74) is 0.0260. The lowest BCUT2D eigenvalue weighted by Crippen LogP contribution is -2.56. The van der Waals surface area contributed by atoms with Crippen LogP contribution in [0.5, 0.6) is 5.75 Å². The number of anilines is 1. The predicted molar refractivity (Wildman–Crippen MR) is 104 cm³/mol. The molecule has 0 aromatic heterocycles. The van der Waals surface area contributed by atoms with Crippen LogP contribution in [0.2, 0.25) is 0 Å². The topological polar surface area (TPSA) is 85.2 Å². The molecule has 0 aliphatic carbocycles. The summed E-state index contributed by atoms with van der Waals surface area (Å²) in [6.07, 6.45) is 2.67. The van der Waals surface area contributed by atoms with Crippen molar-refractivity contribution < 1.29 is 23.6 Å². The van der Waals surface area contributed by atoms with E-state index in [-0.39, 0.29) is 36.0 Å². The van der Waals surface area contributed by atoms with E-state index in [0.717, 1.165) is 12.8 Å². The van der Waals surface area contributed by atoms with Crippen molar-refractivity contribution in [3.63, 3.8) is 0 Å².